The van der Waals surface area contributed by atoms with Gasteiger partial charge in [-0.05, 0) is 35.4 Å². The summed E-state index contributed by atoms with van der Waals surface area (Å²) in [6.45, 7) is 0.577. The summed E-state index contributed by atoms with van der Waals surface area (Å²) in [6.07, 6.45) is 0. The van der Waals surface area contributed by atoms with Crippen LogP contribution in [0.5, 0.6) is 0 Å². The molecular weight excluding hydrogens is 399 g/mol. The fourth-order valence-corrected chi connectivity index (χ4v) is 2.36. The lowest BCUT2D eigenvalue weighted by Crippen LogP contribution is -2.23. The topological polar surface area (TPSA) is 165 Å². The third-order valence-corrected chi connectivity index (χ3v) is 3.62. The first kappa shape index (κ1) is 26.6. The highest BCUT2D eigenvalue weighted by molar-refractivity contribution is 5.86. The van der Waals surface area contributed by atoms with Crippen molar-refractivity contribution in [2.75, 3.05) is 36.1 Å². The molecule has 0 saturated heterocycles. The molecule has 0 heterocycles. The molecule has 0 aliphatic carbocycles. The van der Waals surface area contributed by atoms with E-state index in [0.717, 1.165) is 11.1 Å². The molecule has 10 heteroatoms. The molecule has 0 amide bonds. The van der Waals surface area contributed by atoms with Gasteiger partial charge < -0.3 is 39.1 Å². The van der Waals surface area contributed by atoms with E-state index in [1.807, 2.05) is 0 Å². The van der Waals surface area contributed by atoms with Crippen LogP contribution >= 0.6 is 37.2 Å². The summed E-state index contributed by atoms with van der Waals surface area (Å²) in [5.74, 6) is 0. The molecule has 26 heavy (non-hydrogen) atoms. The maximum atomic E-state index is 6.09. The van der Waals surface area contributed by atoms with Crippen molar-refractivity contribution in [1.82, 2.24) is 0 Å². The molecule has 2 rings (SSSR count). The molecule has 2 aromatic carbocycles. The number of ether oxygens (including phenoxy) is 1. The number of anilines is 4. The number of hydrogen-bond donors (Lipinski definition) is 6. The minimum Gasteiger partial charge on any atom is -0.399 e. The molecule has 2 aromatic rings. The zero-order chi connectivity index (χ0) is 17.0. The van der Waals surface area contributed by atoms with Crippen molar-refractivity contribution in [1.29, 1.82) is 0 Å². The number of nitrogen functional groups attached to an aromatic ring is 4. The van der Waals surface area contributed by atoms with Crippen molar-refractivity contribution >= 4 is 60.0 Å². The Balaban J connectivity index is 0. The fraction of sp³-hybridized carbons (Fsp3) is 0.250. The highest BCUT2D eigenvalue weighted by Gasteiger charge is 2.13. The number of nitrogens with two attached hydrogens (primary N) is 6. The smallest absolute Gasteiger partial charge is 0.0661 e. The van der Waals surface area contributed by atoms with Crippen LogP contribution in [0.3, 0.4) is 0 Å². The molecule has 12 N–H and O–H groups in total. The molecule has 0 fully saturated rings. The lowest BCUT2D eigenvalue weighted by atomic mass is 10.0. The highest BCUT2D eigenvalue weighted by atomic mass is 35.5. The summed E-state index contributed by atoms with van der Waals surface area (Å²) >= 11 is 0. The second-order valence-corrected chi connectivity index (χ2v) is 5.53. The lowest BCUT2D eigenvalue weighted by molar-refractivity contribution is 0.109. The molecular formula is C16H27Cl3N6O. The fourth-order valence-electron chi connectivity index (χ4n) is 2.36. The quantitative estimate of drug-likeness (QED) is 0.385. The van der Waals surface area contributed by atoms with Crippen molar-refractivity contribution in [3.63, 3.8) is 0 Å². The van der Waals surface area contributed by atoms with E-state index < -0.39 is 0 Å². The standard InChI is InChI=1S/C16H24N6O.3ClH/c17-9-1-3-11(13(19)5-9)15(21)7-23-8-16(22)12-4-2-10(18)6-14(12)20;;;/h1-6,15-16H,7-8,17-22H2;3*1H. The summed E-state index contributed by atoms with van der Waals surface area (Å²) in [7, 11) is 0. The van der Waals surface area contributed by atoms with Crippen molar-refractivity contribution in [2.45, 2.75) is 12.1 Å². The van der Waals surface area contributed by atoms with Gasteiger partial charge in [0, 0.05) is 22.7 Å². The highest BCUT2D eigenvalue weighted by Crippen LogP contribution is 2.23. The van der Waals surface area contributed by atoms with E-state index in [2.05, 4.69) is 0 Å². The first-order valence-corrected chi connectivity index (χ1v) is 7.27. The van der Waals surface area contributed by atoms with Crippen LogP contribution < -0.4 is 34.4 Å². The Kier molecular flexibility index (Phi) is 12.2. The van der Waals surface area contributed by atoms with Gasteiger partial charge in [-0.25, -0.2) is 0 Å². The van der Waals surface area contributed by atoms with Gasteiger partial charge in [-0.1, -0.05) is 12.1 Å². The monoisotopic (exact) mass is 424 g/mol. The van der Waals surface area contributed by atoms with Gasteiger partial charge in [0.25, 0.3) is 0 Å². The molecule has 0 aliphatic heterocycles. The maximum Gasteiger partial charge on any atom is 0.0661 e. The Morgan fingerprint density at radius 1 is 0.654 bits per heavy atom. The Bertz CT molecular complexity index is 632. The number of hydrogen-bond acceptors (Lipinski definition) is 7. The molecule has 148 valence electrons. The minimum absolute atomic E-state index is 0. The van der Waals surface area contributed by atoms with Gasteiger partial charge in [-0.3, -0.25) is 0 Å². The van der Waals surface area contributed by atoms with Crippen LogP contribution in [-0.2, 0) is 4.74 Å². The van der Waals surface area contributed by atoms with E-state index in [4.69, 9.17) is 39.1 Å². The van der Waals surface area contributed by atoms with Crippen molar-refractivity contribution in [3.05, 3.63) is 47.5 Å². The van der Waals surface area contributed by atoms with Crippen molar-refractivity contribution < 1.29 is 4.74 Å². The van der Waals surface area contributed by atoms with Crippen LogP contribution in [0, 0.1) is 0 Å². The third-order valence-electron chi connectivity index (χ3n) is 3.62. The van der Waals surface area contributed by atoms with Crippen LogP contribution in [0.25, 0.3) is 0 Å². The molecule has 7 nitrogen and oxygen atoms in total. The van der Waals surface area contributed by atoms with E-state index in [9.17, 15) is 0 Å². The largest absolute Gasteiger partial charge is 0.399 e. The van der Waals surface area contributed by atoms with E-state index in [-0.39, 0.29) is 62.5 Å². The predicted octanol–water partition coefficient (Wildman–Crippen LogP) is 2.00. The molecule has 0 spiro atoms. The van der Waals surface area contributed by atoms with Crippen LogP contribution in [0.1, 0.15) is 23.2 Å². The number of halogens is 3. The van der Waals surface area contributed by atoms with Crippen molar-refractivity contribution in [2.24, 2.45) is 11.5 Å². The zero-order valence-corrected chi connectivity index (χ0v) is 16.6. The van der Waals surface area contributed by atoms with Crippen LogP contribution in [0.15, 0.2) is 36.4 Å². The summed E-state index contributed by atoms with van der Waals surface area (Å²) in [4.78, 5) is 0. The summed E-state index contributed by atoms with van der Waals surface area (Å²) in [5.41, 5.74) is 39.2. The average molecular weight is 426 g/mol. The SMILES string of the molecule is Cl.Cl.Cl.Nc1ccc(C(N)COCC(N)c2ccc(N)cc2N)c(N)c1. The Morgan fingerprint density at radius 3 is 1.31 bits per heavy atom. The van der Waals surface area contributed by atoms with Gasteiger partial charge >= 0.3 is 0 Å². The number of rotatable bonds is 6. The van der Waals surface area contributed by atoms with Gasteiger partial charge in [-0.2, -0.15) is 0 Å². The average Bonchev–Trinajstić information content (AvgIpc) is 2.46. The summed E-state index contributed by atoms with van der Waals surface area (Å²) < 4.78 is 5.61. The Morgan fingerprint density at radius 2 is 1.00 bits per heavy atom. The minimum atomic E-state index is -0.355. The lowest BCUT2D eigenvalue weighted by Gasteiger charge is -2.18. The molecule has 2 atom stereocenters. The second-order valence-electron chi connectivity index (χ2n) is 5.53. The molecule has 0 saturated carbocycles. The van der Waals surface area contributed by atoms with Gasteiger partial charge in [0.1, 0.15) is 0 Å². The van der Waals surface area contributed by atoms with Crippen LogP contribution in [0.4, 0.5) is 22.7 Å². The Hall–Kier alpha value is -1.61. The third kappa shape index (κ3) is 6.95. The molecule has 0 aliphatic rings. The first-order valence-electron chi connectivity index (χ1n) is 7.27. The van der Waals surface area contributed by atoms with Crippen LogP contribution in [-0.4, -0.2) is 13.2 Å². The maximum absolute atomic E-state index is 6.09. The normalized spacial score (nSPS) is 12.1. The second kappa shape index (κ2) is 11.9. The van der Waals surface area contributed by atoms with E-state index in [0.29, 0.717) is 22.7 Å². The van der Waals surface area contributed by atoms with Gasteiger partial charge in [0.15, 0.2) is 0 Å². The predicted molar refractivity (Wildman–Crippen MR) is 117 cm³/mol. The van der Waals surface area contributed by atoms with Gasteiger partial charge in [0.05, 0.1) is 25.3 Å². The van der Waals surface area contributed by atoms with Gasteiger partial charge in [0.2, 0.25) is 0 Å². The summed E-state index contributed by atoms with van der Waals surface area (Å²) in [5, 5.41) is 0. The number of benzene rings is 2. The van der Waals surface area contributed by atoms with E-state index >= 15 is 0 Å². The molecule has 0 aromatic heterocycles. The van der Waals surface area contributed by atoms with E-state index in [1.54, 1.807) is 36.4 Å². The zero-order valence-electron chi connectivity index (χ0n) is 14.1. The molecule has 0 bridgehead atoms. The first-order chi connectivity index (χ1) is 10.9. The van der Waals surface area contributed by atoms with Crippen LogP contribution in [0.2, 0.25) is 0 Å². The Labute approximate surface area is 172 Å². The van der Waals surface area contributed by atoms with Crippen molar-refractivity contribution in [3.8, 4) is 0 Å². The van der Waals surface area contributed by atoms with E-state index in [1.165, 1.54) is 0 Å². The molecule has 0 radical (unpaired) electrons. The van der Waals surface area contributed by atoms with Gasteiger partial charge in [-0.15, -0.1) is 37.2 Å². The summed E-state index contributed by atoms with van der Waals surface area (Å²) in [6, 6.07) is 9.76. The molecule has 2 unspecified atom stereocenters.